The fourth-order valence-electron chi connectivity index (χ4n) is 2.00. The summed E-state index contributed by atoms with van der Waals surface area (Å²) in [6.07, 6.45) is 0.420. The number of ether oxygens (including phenoxy) is 1. The number of methoxy groups -OCH3 is 1. The van der Waals surface area contributed by atoms with Gasteiger partial charge in [0, 0.05) is 38.1 Å². The maximum absolute atomic E-state index is 12.1. The van der Waals surface area contributed by atoms with Crippen molar-refractivity contribution in [1.29, 1.82) is 0 Å². The van der Waals surface area contributed by atoms with E-state index in [1.54, 1.807) is 0 Å². The van der Waals surface area contributed by atoms with Crippen LogP contribution in [0.15, 0.2) is 0 Å². The summed E-state index contributed by atoms with van der Waals surface area (Å²) in [5.74, 6) is 0.0262. The fraction of sp³-hybridized carbons (Fsp3) is 0.846. The monoisotopic (exact) mass is 256 g/mol. The quantitative estimate of drug-likeness (QED) is 0.699. The third kappa shape index (κ3) is 4.29. The molecule has 0 saturated carbocycles. The Kier molecular flexibility index (Phi) is 5.14. The lowest BCUT2D eigenvalue weighted by atomic mass is 9.94. The molecule has 0 spiro atoms. The number of amides is 1. The van der Waals surface area contributed by atoms with E-state index in [1.807, 2.05) is 25.7 Å². The number of carbonyl (C=O) groups excluding carboxylic acids is 2. The van der Waals surface area contributed by atoms with E-state index in [0.29, 0.717) is 13.0 Å². The van der Waals surface area contributed by atoms with Gasteiger partial charge in [-0.25, -0.2) is 0 Å². The van der Waals surface area contributed by atoms with Crippen LogP contribution in [0.5, 0.6) is 0 Å². The first-order chi connectivity index (χ1) is 8.34. The highest BCUT2D eigenvalue weighted by atomic mass is 16.5. The summed E-state index contributed by atoms with van der Waals surface area (Å²) >= 11 is 0. The molecule has 1 saturated heterocycles. The molecule has 1 heterocycles. The molecule has 5 nitrogen and oxygen atoms in total. The van der Waals surface area contributed by atoms with E-state index < -0.39 is 0 Å². The largest absolute Gasteiger partial charge is 0.469 e. The predicted molar refractivity (Wildman–Crippen MR) is 69.1 cm³/mol. The summed E-state index contributed by atoms with van der Waals surface area (Å²) in [6, 6.07) is 0. The van der Waals surface area contributed by atoms with Gasteiger partial charge in [-0.05, 0) is 0 Å². The van der Waals surface area contributed by atoms with E-state index in [4.69, 9.17) is 0 Å². The number of carbonyl (C=O) groups is 2. The molecule has 0 atom stereocenters. The molecule has 1 fully saturated rings. The number of esters is 1. The molecule has 0 unspecified atom stereocenters. The Morgan fingerprint density at radius 3 is 2.11 bits per heavy atom. The van der Waals surface area contributed by atoms with Gasteiger partial charge in [-0.3, -0.25) is 14.5 Å². The summed E-state index contributed by atoms with van der Waals surface area (Å²) in [6.45, 7) is 9.70. The third-order valence-corrected chi connectivity index (χ3v) is 3.16. The molecule has 18 heavy (non-hydrogen) atoms. The molecule has 0 aromatic heterocycles. The lowest BCUT2D eigenvalue weighted by Crippen LogP contribution is -2.51. The van der Waals surface area contributed by atoms with Crippen LogP contribution in [0.4, 0.5) is 0 Å². The molecule has 0 aromatic rings. The first-order valence-corrected chi connectivity index (χ1v) is 6.43. The fourth-order valence-corrected chi connectivity index (χ4v) is 2.00. The Balaban J connectivity index is 2.33. The van der Waals surface area contributed by atoms with Crippen molar-refractivity contribution < 1.29 is 14.3 Å². The minimum atomic E-state index is -0.311. The Bertz CT molecular complexity index is 302. The third-order valence-electron chi connectivity index (χ3n) is 3.16. The van der Waals surface area contributed by atoms with Crippen molar-refractivity contribution in [1.82, 2.24) is 9.80 Å². The van der Waals surface area contributed by atoms with Gasteiger partial charge in [0.15, 0.2) is 0 Å². The molecule has 1 amide bonds. The molecule has 5 heteroatoms. The highest BCUT2D eigenvalue weighted by molar-refractivity contribution is 5.81. The number of piperazine rings is 1. The van der Waals surface area contributed by atoms with Crippen LogP contribution in [0.1, 0.15) is 27.2 Å². The van der Waals surface area contributed by atoms with Gasteiger partial charge in [0.2, 0.25) is 5.91 Å². The molecule has 0 radical (unpaired) electrons. The van der Waals surface area contributed by atoms with Crippen molar-refractivity contribution in [2.24, 2.45) is 5.41 Å². The summed E-state index contributed by atoms with van der Waals surface area (Å²) in [5.41, 5.74) is -0.311. The second kappa shape index (κ2) is 6.18. The van der Waals surface area contributed by atoms with Crippen LogP contribution >= 0.6 is 0 Å². The van der Waals surface area contributed by atoms with Crippen molar-refractivity contribution in [2.45, 2.75) is 27.2 Å². The van der Waals surface area contributed by atoms with Gasteiger partial charge in [-0.15, -0.1) is 0 Å². The maximum atomic E-state index is 12.1. The summed E-state index contributed by atoms with van der Waals surface area (Å²) < 4.78 is 4.62. The Morgan fingerprint density at radius 1 is 1.11 bits per heavy atom. The Morgan fingerprint density at radius 2 is 1.67 bits per heavy atom. The summed E-state index contributed by atoms with van der Waals surface area (Å²) in [7, 11) is 1.41. The lowest BCUT2D eigenvalue weighted by molar-refractivity contribution is -0.143. The molecule has 104 valence electrons. The van der Waals surface area contributed by atoms with Crippen molar-refractivity contribution in [3.05, 3.63) is 0 Å². The number of hydrogen-bond donors (Lipinski definition) is 0. The van der Waals surface area contributed by atoms with E-state index in [9.17, 15) is 9.59 Å². The van der Waals surface area contributed by atoms with Crippen LogP contribution in [0.25, 0.3) is 0 Å². The predicted octanol–water partition coefficient (Wildman–Crippen LogP) is 0.740. The van der Waals surface area contributed by atoms with Crippen LogP contribution < -0.4 is 0 Å². The molecule has 1 aliphatic rings. The van der Waals surface area contributed by atoms with E-state index in [0.717, 1.165) is 26.2 Å². The van der Waals surface area contributed by atoms with Gasteiger partial charge in [0.1, 0.15) is 0 Å². The van der Waals surface area contributed by atoms with E-state index >= 15 is 0 Å². The molecular formula is C13H24N2O3. The van der Waals surface area contributed by atoms with E-state index in [-0.39, 0.29) is 17.3 Å². The highest BCUT2D eigenvalue weighted by Crippen LogP contribution is 2.18. The second-order valence-corrected chi connectivity index (χ2v) is 5.71. The zero-order valence-electron chi connectivity index (χ0n) is 11.9. The molecule has 1 rings (SSSR count). The van der Waals surface area contributed by atoms with Gasteiger partial charge < -0.3 is 9.64 Å². The Hall–Kier alpha value is -1.10. The van der Waals surface area contributed by atoms with E-state index in [2.05, 4.69) is 9.64 Å². The van der Waals surface area contributed by atoms with Gasteiger partial charge in [-0.1, -0.05) is 20.8 Å². The minimum absolute atomic E-state index is 0.178. The van der Waals surface area contributed by atoms with Crippen LogP contribution in [0.2, 0.25) is 0 Å². The smallest absolute Gasteiger partial charge is 0.306 e. The maximum Gasteiger partial charge on any atom is 0.306 e. The standard InChI is InChI=1S/C13H24N2O3/c1-13(2,3)12(17)15-9-7-14(8-10-15)6-5-11(16)18-4/h5-10H2,1-4H3. The van der Waals surface area contributed by atoms with Gasteiger partial charge in [0.25, 0.3) is 0 Å². The van der Waals surface area contributed by atoms with Crippen molar-refractivity contribution >= 4 is 11.9 Å². The topological polar surface area (TPSA) is 49.9 Å². The van der Waals surface area contributed by atoms with Gasteiger partial charge >= 0.3 is 5.97 Å². The molecule has 0 bridgehead atoms. The average molecular weight is 256 g/mol. The first kappa shape index (κ1) is 15.0. The number of rotatable bonds is 3. The zero-order chi connectivity index (χ0) is 13.8. The van der Waals surface area contributed by atoms with Gasteiger partial charge in [-0.2, -0.15) is 0 Å². The Labute approximate surface area is 109 Å². The zero-order valence-corrected chi connectivity index (χ0v) is 11.9. The summed E-state index contributed by atoms with van der Waals surface area (Å²) in [4.78, 5) is 27.2. The lowest BCUT2D eigenvalue weighted by Gasteiger charge is -2.37. The van der Waals surface area contributed by atoms with Crippen LogP contribution in [0, 0.1) is 5.41 Å². The average Bonchev–Trinajstić information content (AvgIpc) is 2.34. The van der Waals surface area contributed by atoms with Gasteiger partial charge in [0.05, 0.1) is 13.5 Å². The van der Waals surface area contributed by atoms with Crippen LogP contribution in [-0.4, -0.2) is 61.5 Å². The molecule has 0 aromatic carbocycles. The molecule has 1 aliphatic heterocycles. The SMILES string of the molecule is COC(=O)CCN1CCN(C(=O)C(C)(C)C)CC1. The second-order valence-electron chi connectivity index (χ2n) is 5.71. The summed E-state index contributed by atoms with van der Waals surface area (Å²) in [5, 5.41) is 0. The highest BCUT2D eigenvalue weighted by Gasteiger charge is 2.29. The van der Waals surface area contributed by atoms with Crippen LogP contribution in [0.3, 0.4) is 0 Å². The van der Waals surface area contributed by atoms with Crippen LogP contribution in [-0.2, 0) is 14.3 Å². The minimum Gasteiger partial charge on any atom is -0.469 e. The van der Waals surface area contributed by atoms with Crippen molar-refractivity contribution in [2.75, 3.05) is 39.8 Å². The van der Waals surface area contributed by atoms with Crippen molar-refractivity contribution in [3.8, 4) is 0 Å². The molecule has 0 N–H and O–H groups in total. The number of nitrogens with zero attached hydrogens (tertiary/aromatic N) is 2. The molecule has 0 aliphatic carbocycles. The van der Waals surface area contributed by atoms with E-state index in [1.165, 1.54) is 7.11 Å². The van der Waals surface area contributed by atoms with Crippen molar-refractivity contribution in [3.63, 3.8) is 0 Å². The molecular weight excluding hydrogens is 232 g/mol. The first-order valence-electron chi connectivity index (χ1n) is 6.43. The number of hydrogen-bond acceptors (Lipinski definition) is 4. The normalized spacial score (nSPS) is 17.7.